The molecule has 0 saturated heterocycles. The first-order valence-corrected chi connectivity index (χ1v) is 6.75. The van der Waals surface area contributed by atoms with E-state index < -0.39 is 11.9 Å². The molecular formula is C16H17ClFNO. The molecule has 106 valence electrons. The van der Waals surface area contributed by atoms with Gasteiger partial charge in [0.2, 0.25) is 0 Å². The molecule has 0 radical (unpaired) electrons. The van der Waals surface area contributed by atoms with E-state index in [9.17, 15) is 9.50 Å². The van der Waals surface area contributed by atoms with Crippen LogP contribution in [-0.4, -0.2) is 19.2 Å². The van der Waals surface area contributed by atoms with E-state index in [0.717, 1.165) is 11.3 Å². The van der Waals surface area contributed by atoms with Crippen LogP contribution in [0.25, 0.3) is 0 Å². The number of benzene rings is 2. The van der Waals surface area contributed by atoms with E-state index in [4.69, 9.17) is 11.6 Å². The second-order valence-electron chi connectivity index (χ2n) is 4.92. The molecular weight excluding hydrogens is 277 g/mol. The van der Waals surface area contributed by atoms with Gasteiger partial charge in [-0.25, -0.2) is 4.39 Å². The van der Waals surface area contributed by atoms with Crippen molar-refractivity contribution in [3.8, 4) is 0 Å². The number of aliphatic hydroxyl groups is 1. The number of rotatable bonds is 4. The fraction of sp³-hybridized carbons (Fsp3) is 0.250. The number of hydrogen-bond acceptors (Lipinski definition) is 2. The molecule has 1 atom stereocenters. The maximum Gasteiger partial charge on any atom is 0.142 e. The van der Waals surface area contributed by atoms with Gasteiger partial charge in [-0.3, -0.25) is 0 Å². The van der Waals surface area contributed by atoms with Gasteiger partial charge >= 0.3 is 0 Å². The maximum absolute atomic E-state index is 13.4. The smallest absolute Gasteiger partial charge is 0.142 e. The number of nitrogens with zero attached hydrogens (tertiary/aromatic N) is 1. The van der Waals surface area contributed by atoms with Crippen molar-refractivity contribution in [1.82, 2.24) is 0 Å². The summed E-state index contributed by atoms with van der Waals surface area (Å²) in [4.78, 5) is 1.96. The zero-order valence-corrected chi connectivity index (χ0v) is 12.2. The van der Waals surface area contributed by atoms with Gasteiger partial charge in [0.25, 0.3) is 0 Å². The normalized spacial score (nSPS) is 12.2. The van der Waals surface area contributed by atoms with Crippen LogP contribution in [0.3, 0.4) is 0 Å². The fourth-order valence-electron chi connectivity index (χ4n) is 2.04. The molecule has 2 nitrogen and oxygen atoms in total. The first kappa shape index (κ1) is 14.8. The van der Waals surface area contributed by atoms with Crippen LogP contribution >= 0.6 is 11.6 Å². The Hall–Kier alpha value is -1.58. The van der Waals surface area contributed by atoms with Crippen LogP contribution in [-0.2, 0) is 6.42 Å². The lowest BCUT2D eigenvalue weighted by Crippen LogP contribution is -2.10. The fourth-order valence-corrected chi connectivity index (χ4v) is 2.25. The molecule has 0 aliphatic carbocycles. The van der Waals surface area contributed by atoms with Crippen molar-refractivity contribution in [2.45, 2.75) is 12.5 Å². The van der Waals surface area contributed by atoms with Crippen LogP contribution in [0.1, 0.15) is 17.2 Å². The van der Waals surface area contributed by atoms with Gasteiger partial charge in [-0.05, 0) is 29.3 Å². The summed E-state index contributed by atoms with van der Waals surface area (Å²) in [5.41, 5.74) is 2.40. The molecule has 4 heteroatoms. The number of anilines is 1. The first-order chi connectivity index (χ1) is 9.49. The van der Waals surface area contributed by atoms with Gasteiger partial charge in [-0.15, -0.1) is 0 Å². The Bertz CT molecular complexity index is 601. The molecule has 0 amide bonds. The Morgan fingerprint density at radius 2 is 1.90 bits per heavy atom. The predicted octanol–water partition coefficient (Wildman–Crippen LogP) is 3.82. The summed E-state index contributed by atoms with van der Waals surface area (Å²) in [5.74, 6) is -0.460. The highest BCUT2D eigenvalue weighted by Crippen LogP contribution is 2.27. The van der Waals surface area contributed by atoms with E-state index in [-0.39, 0.29) is 11.4 Å². The minimum absolute atomic E-state index is 0.0790. The van der Waals surface area contributed by atoms with Gasteiger partial charge in [0, 0.05) is 26.2 Å². The largest absolute Gasteiger partial charge is 0.388 e. The van der Waals surface area contributed by atoms with Crippen LogP contribution in [0.5, 0.6) is 0 Å². The summed E-state index contributed by atoms with van der Waals surface area (Å²) in [6, 6.07) is 12.3. The lowest BCUT2D eigenvalue weighted by molar-refractivity contribution is 0.178. The summed E-state index contributed by atoms with van der Waals surface area (Å²) < 4.78 is 13.4. The van der Waals surface area contributed by atoms with Crippen LogP contribution in [0.15, 0.2) is 42.5 Å². The minimum atomic E-state index is -0.714. The highest BCUT2D eigenvalue weighted by Gasteiger charge is 2.13. The van der Waals surface area contributed by atoms with Crippen LogP contribution in [0, 0.1) is 5.82 Å². The van der Waals surface area contributed by atoms with E-state index in [2.05, 4.69) is 0 Å². The molecule has 2 aromatic carbocycles. The van der Waals surface area contributed by atoms with E-state index >= 15 is 0 Å². The average molecular weight is 294 g/mol. The molecule has 2 rings (SSSR count). The Morgan fingerprint density at radius 3 is 2.60 bits per heavy atom. The van der Waals surface area contributed by atoms with Gasteiger partial charge in [0.05, 0.1) is 11.1 Å². The Morgan fingerprint density at radius 1 is 1.20 bits per heavy atom. The molecule has 0 saturated carbocycles. The molecule has 0 aromatic heterocycles. The SMILES string of the molecule is CN(C)c1cccc(C(O)Cc2cccc(F)c2Cl)c1. The second kappa shape index (κ2) is 6.25. The average Bonchev–Trinajstić information content (AvgIpc) is 2.44. The number of hydrogen-bond donors (Lipinski definition) is 1. The molecule has 1 unspecified atom stereocenters. The quantitative estimate of drug-likeness (QED) is 0.926. The minimum Gasteiger partial charge on any atom is -0.388 e. The zero-order valence-electron chi connectivity index (χ0n) is 11.5. The Kier molecular flexibility index (Phi) is 4.63. The van der Waals surface area contributed by atoms with Crippen LogP contribution < -0.4 is 4.90 Å². The predicted molar refractivity (Wildman–Crippen MR) is 80.8 cm³/mol. The molecule has 20 heavy (non-hydrogen) atoms. The van der Waals surface area contributed by atoms with Crippen molar-refractivity contribution in [2.24, 2.45) is 0 Å². The van der Waals surface area contributed by atoms with Crippen molar-refractivity contribution in [1.29, 1.82) is 0 Å². The maximum atomic E-state index is 13.4. The van der Waals surface area contributed by atoms with Gasteiger partial charge in [0.15, 0.2) is 0 Å². The third-order valence-electron chi connectivity index (χ3n) is 3.22. The molecule has 0 heterocycles. The van der Waals surface area contributed by atoms with Crippen LogP contribution in [0.4, 0.5) is 10.1 Å². The van der Waals surface area contributed by atoms with E-state index in [1.54, 1.807) is 12.1 Å². The lowest BCUT2D eigenvalue weighted by atomic mass is 10.0. The summed E-state index contributed by atoms with van der Waals surface area (Å²) in [6.45, 7) is 0. The topological polar surface area (TPSA) is 23.5 Å². The summed E-state index contributed by atoms with van der Waals surface area (Å²) in [6.07, 6.45) is -0.429. The summed E-state index contributed by atoms with van der Waals surface area (Å²) in [5, 5.41) is 10.4. The van der Waals surface area contributed by atoms with Gasteiger partial charge in [0.1, 0.15) is 5.82 Å². The standard InChI is InChI=1S/C16H17ClFNO/c1-19(2)13-7-3-5-11(9-13)15(20)10-12-6-4-8-14(18)16(12)17/h3-9,15,20H,10H2,1-2H3. The van der Waals surface area contributed by atoms with Gasteiger partial charge in [-0.1, -0.05) is 35.9 Å². The molecule has 1 N–H and O–H groups in total. The molecule has 0 aliphatic heterocycles. The monoisotopic (exact) mass is 293 g/mol. The molecule has 0 fully saturated rings. The third kappa shape index (κ3) is 3.30. The third-order valence-corrected chi connectivity index (χ3v) is 3.64. The van der Waals surface area contributed by atoms with E-state index in [1.807, 2.05) is 43.3 Å². The molecule has 0 aliphatic rings. The Balaban J connectivity index is 2.21. The molecule has 0 spiro atoms. The lowest BCUT2D eigenvalue weighted by Gasteiger charge is -2.17. The number of aliphatic hydroxyl groups excluding tert-OH is 1. The van der Waals surface area contributed by atoms with Crippen molar-refractivity contribution < 1.29 is 9.50 Å². The molecule has 2 aromatic rings. The van der Waals surface area contributed by atoms with Crippen LogP contribution in [0.2, 0.25) is 5.02 Å². The highest BCUT2D eigenvalue weighted by atomic mass is 35.5. The summed E-state index contributed by atoms with van der Waals surface area (Å²) >= 11 is 5.91. The number of halogens is 2. The van der Waals surface area contributed by atoms with Crippen molar-refractivity contribution in [2.75, 3.05) is 19.0 Å². The first-order valence-electron chi connectivity index (χ1n) is 6.37. The van der Waals surface area contributed by atoms with E-state index in [0.29, 0.717) is 5.56 Å². The van der Waals surface area contributed by atoms with Gasteiger partial charge < -0.3 is 10.0 Å². The van der Waals surface area contributed by atoms with Crippen molar-refractivity contribution in [3.05, 3.63) is 64.4 Å². The zero-order chi connectivity index (χ0) is 14.7. The Labute approximate surface area is 123 Å². The van der Waals surface area contributed by atoms with Gasteiger partial charge in [-0.2, -0.15) is 0 Å². The summed E-state index contributed by atoms with van der Waals surface area (Å²) in [7, 11) is 3.88. The highest BCUT2D eigenvalue weighted by molar-refractivity contribution is 6.31. The molecule has 0 bridgehead atoms. The van der Waals surface area contributed by atoms with E-state index in [1.165, 1.54) is 6.07 Å². The second-order valence-corrected chi connectivity index (χ2v) is 5.30. The van der Waals surface area contributed by atoms with Crippen molar-refractivity contribution in [3.63, 3.8) is 0 Å². The van der Waals surface area contributed by atoms with Crippen molar-refractivity contribution >= 4 is 17.3 Å².